The van der Waals surface area contributed by atoms with Crippen LogP contribution in [0.2, 0.25) is 0 Å². The Balaban J connectivity index is 1.57. The lowest BCUT2D eigenvalue weighted by molar-refractivity contribution is -0.137. The maximum absolute atomic E-state index is 11.1. The van der Waals surface area contributed by atoms with Gasteiger partial charge in [-0.2, -0.15) is 5.26 Å². The number of anilines is 1. The van der Waals surface area contributed by atoms with Gasteiger partial charge >= 0.3 is 5.97 Å². The molecule has 0 saturated heterocycles. The number of aryl methyl sites for hydroxylation is 1. The van der Waals surface area contributed by atoms with Gasteiger partial charge in [0.1, 0.15) is 18.4 Å². The zero-order chi connectivity index (χ0) is 29.9. The van der Waals surface area contributed by atoms with Gasteiger partial charge in [0.05, 0.1) is 25.1 Å². The van der Waals surface area contributed by atoms with Crippen molar-refractivity contribution in [2.45, 2.75) is 40.0 Å². The Morgan fingerprint density at radius 2 is 1.90 bits per heavy atom. The number of carboxylic acid groups (broad SMARTS) is 1. The van der Waals surface area contributed by atoms with Crippen molar-refractivity contribution in [3.63, 3.8) is 0 Å². The molecule has 0 aliphatic rings. The monoisotopic (exact) mass is 562 g/mol. The zero-order valence-corrected chi connectivity index (χ0v) is 23.7. The molecule has 8 heteroatoms. The van der Waals surface area contributed by atoms with Gasteiger partial charge in [-0.3, -0.25) is 14.8 Å². The summed E-state index contributed by atoms with van der Waals surface area (Å²) in [6.45, 7) is 4.92. The van der Waals surface area contributed by atoms with Crippen molar-refractivity contribution in [1.82, 2.24) is 4.98 Å². The van der Waals surface area contributed by atoms with Crippen LogP contribution in [0.15, 0.2) is 84.1 Å². The molecule has 0 aliphatic heterocycles. The van der Waals surface area contributed by atoms with Crippen molar-refractivity contribution in [1.29, 1.82) is 5.26 Å². The quantitative estimate of drug-likeness (QED) is 0.168. The molecular weight excluding hydrogens is 528 g/mol. The van der Waals surface area contributed by atoms with Crippen LogP contribution >= 0.6 is 0 Å². The molecule has 1 heterocycles. The van der Waals surface area contributed by atoms with Crippen LogP contribution in [0.5, 0.6) is 5.75 Å². The summed E-state index contributed by atoms with van der Waals surface area (Å²) in [5, 5.41) is 31.3. The third-order valence-electron chi connectivity index (χ3n) is 6.98. The Labute approximate surface area is 246 Å². The fourth-order valence-electron chi connectivity index (χ4n) is 4.67. The number of hydrogen-bond acceptors (Lipinski definition) is 7. The number of aliphatic imine (C=N–C) groups is 1. The van der Waals surface area contributed by atoms with E-state index in [1.165, 1.54) is 34.7 Å². The lowest BCUT2D eigenvalue weighted by atomic mass is 9.96. The van der Waals surface area contributed by atoms with E-state index in [9.17, 15) is 15.2 Å². The minimum absolute atomic E-state index is 0.196. The van der Waals surface area contributed by atoms with Crippen molar-refractivity contribution in [3.05, 3.63) is 113 Å². The fourth-order valence-corrected chi connectivity index (χ4v) is 4.67. The maximum atomic E-state index is 11.1. The lowest BCUT2D eigenvalue weighted by Gasteiger charge is -2.18. The molecule has 0 spiro atoms. The van der Waals surface area contributed by atoms with Gasteiger partial charge in [-0.05, 0) is 53.8 Å². The van der Waals surface area contributed by atoms with Gasteiger partial charge in [-0.15, -0.1) is 0 Å². The highest BCUT2D eigenvalue weighted by molar-refractivity contribution is 5.73. The first kappa shape index (κ1) is 30.0. The number of benzene rings is 3. The third kappa shape index (κ3) is 8.03. The molecule has 0 saturated carbocycles. The highest BCUT2D eigenvalue weighted by atomic mass is 16.5. The number of aromatic nitrogens is 1. The van der Waals surface area contributed by atoms with E-state index in [1.807, 2.05) is 37.3 Å². The average molecular weight is 563 g/mol. The molecule has 3 aromatic carbocycles. The first-order chi connectivity index (χ1) is 20.4. The van der Waals surface area contributed by atoms with E-state index < -0.39 is 11.9 Å². The van der Waals surface area contributed by atoms with Crippen molar-refractivity contribution >= 4 is 17.9 Å². The summed E-state index contributed by atoms with van der Waals surface area (Å²) in [7, 11) is 0. The van der Waals surface area contributed by atoms with Gasteiger partial charge < -0.3 is 20.3 Å². The van der Waals surface area contributed by atoms with E-state index >= 15 is 0 Å². The minimum atomic E-state index is -0.992. The molecule has 4 aromatic rings. The highest BCUT2D eigenvalue weighted by Crippen LogP contribution is 2.31. The molecule has 0 radical (unpaired) electrons. The highest BCUT2D eigenvalue weighted by Gasteiger charge is 2.13. The van der Waals surface area contributed by atoms with Gasteiger partial charge in [0, 0.05) is 54.0 Å². The second-order valence-electron chi connectivity index (χ2n) is 10.1. The molecule has 0 bridgehead atoms. The van der Waals surface area contributed by atoms with E-state index in [2.05, 4.69) is 58.6 Å². The van der Waals surface area contributed by atoms with Crippen LogP contribution in [-0.2, 0) is 24.5 Å². The first-order valence-electron chi connectivity index (χ1n) is 13.7. The summed E-state index contributed by atoms with van der Waals surface area (Å²) in [4.78, 5) is 19.6. The number of nitrogens with one attached hydrogen (secondary N) is 1. The van der Waals surface area contributed by atoms with Crippen molar-refractivity contribution in [2.24, 2.45) is 10.9 Å². The zero-order valence-electron chi connectivity index (χ0n) is 23.7. The molecule has 0 amide bonds. The second kappa shape index (κ2) is 14.6. The first-order valence-corrected chi connectivity index (χ1v) is 13.7. The number of aliphatic hydroxyl groups excluding tert-OH is 1. The molecule has 1 atom stereocenters. The van der Waals surface area contributed by atoms with E-state index in [-0.39, 0.29) is 26.2 Å². The van der Waals surface area contributed by atoms with E-state index in [0.29, 0.717) is 17.9 Å². The van der Waals surface area contributed by atoms with Crippen LogP contribution in [-0.4, -0.2) is 34.0 Å². The Kier molecular flexibility index (Phi) is 10.4. The SMILES string of the molecule is Cc1cc(CN=CC(CO)CC(=O)O)c(OCc2cncc(C#N)c2)cc1NCc1cccc(-c2ccccc2)c1C. The molecule has 0 fully saturated rings. The summed E-state index contributed by atoms with van der Waals surface area (Å²) in [6, 6.07) is 24.4. The maximum Gasteiger partial charge on any atom is 0.304 e. The smallest absolute Gasteiger partial charge is 0.304 e. The van der Waals surface area contributed by atoms with E-state index in [0.717, 1.165) is 22.4 Å². The molecule has 4 rings (SSSR count). The third-order valence-corrected chi connectivity index (χ3v) is 6.98. The van der Waals surface area contributed by atoms with E-state index in [1.54, 1.807) is 12.3 Å². The normalized spacial score (nSPS) is 11.7. The molecule has 214 valence electrons. The Morgan fingerprint density at radius 1 is 1.10 bits per heavy atom. The van der Waals surface area contributed by atoms with Crippen LogP contribution in [0.3, 0.4) is 0 Å². The van der Waals surface area contributed by atoms with E-state index in [4.69, 9.17) is 9.84 Å². The predicted octanol–water partition coefficient (Wildman–Crippen LogP) is 6.08. The molecule has 3 N–H and O–H groups in total. The number of nitriles is 1. The Hall–Kier alpha value is -5.00. The lowest BCUT2D eigenvalue weighted by Crippen LogP contribution is -2.13. The van der Waals surface area contributed by atoms with Crippen molar-refractivity contribution in [2.75, 3.05) is 11.9 Å². The summed E-state index contributed by atoms with van der Waals surface area (Å²) in [6.07, 6.45) is 4.45. The topological polar surface area (TPSA) is 128 Å². The van der Waals surface area contributed by atoms with Crippen LogP contribution in [0.25, 0.3) is 11.1 Å². The standard InChI is InChI=1S/C34H34N4O4/c1-23-11-30(19-37-17-26(21-39)13-34(40)41)33(42-22-27-12-25(15-35)16-36-18-27)14-32(23)38-20-29-9-6-10-31(24(29)2)28-7-4-3-5-8-28/h3-12,14,16-18,26,38-39H,13,19-22H2,1-2H3,(H,40,41). The number of aliphatic carboxylic acids is 1. The average Bonchev–Trinajstić information content (AvgIpc) is 3.00. The van der Waals surface area contributed by atoms with Gasteiger partial charge in [0.2, 0.25) is 0 Å². The number of ether oxygens (including phenoxy) is 1. The van der Waals surface area contributed by atoms with Crippen LogP contribution in [0.4, 0.5) is 5.69 Å². The number of nitrogens with zero attached hydrogens (tertiary/aromatic N) is 3. The largest absolute Gasteiger partial charge is 0.488 e. The number of carbonyl (C=O) groups is 1. The molecule has 0 aliphatic carbocycles. The van der Waals surface area contributed by atoms with Crippen LogP contribution in [0.1, 0.15) is 39.8 Å². The summed E-state index contributed by atoms with van der Waals surface area (Å²) < 4.78 is 6.21. The van der Waals surface area contributed by atoms with Crippen molar-refractivity contribution < 1.29 is 19.7 Å². The van der Waals surface area contributed by atoms with Gasteiger partial charge in [-0.1, -0.05) is 48.5 Å². The summed E-state index contributed by atoms with van der Waals surface area (Å²) in [5.74, 6) is -0.951. The molecular formula is C34H34N4O4. The van der Waals surface area contributed by atoms with Crippen LogP contribution < -0.4 is 10.1 Å². The molecule has 1 aromatic heterocycles. The van der Waals surface area contributed by atoms with Crippen LogP contribution in [0, 0.1) is 31.1 Å². The number of carboxylic acids is 1. The molecule has 8 nitrogen and oxygen atoms in total. The summed E-state index contributed by atoms with van der Waals surface area (Å²) >= 11 is 0. The predicted molar refractivity (Wildman–Crippen MR) is 163 cm³/mol. The van der Waals surface area contributed by atoms with Crippen molar-refractivity contribution in [3.8, 4) is 22.9 Å². The number of rotatable bonds is 13. The second-order valence-corrected chi connectivity index (χ2v) is 10.1. The molecule has 1 unspecified atom stereocenters. The van der Waals surface area contributed by atoms with Gasteiger partial charge in [-0.25, -0.2) is 0 Å². The molecule has 42 heavy (non-hydrogen) atoms. The fraction of sp³-hybridized carbons (Fsp3) is 0.235. The number of aliphatic hydroxyl groups is 1. The minimum Gasteiger partial charge on any atom is -0.488 e. The Morgan fingerprint density at radius 3 is 2.64 bits per heavy atom. The summed E-state index contributed by atoms with van der Waals surface area (Å²) in [5.41, 5.74) is 8.69. The van der Waals surface area contributed by atoms with Gasteiger partial charge in [0.15, 0.2) is 0 Å². The Bertz CT molecular complexity index is 1600. The van der Waals surface area contributed by atoms with Gasteiger partial charge in [0.25, 0.3) is 0 Å². The number of pyridine rings is 1. The number of hydrogen-bond donors (Lipinski definition) is 3.